The number of aromatic nitrogens is 3. The lowest BCUT2D eigenvalue weighted by atomic mass is 10.4. The molecule has 0 spiro atoms. The van der Waals surface area contributed by atoms with E-state index in [0.717, 1.165) is 17.8 Å². The summed E-state index contributed by atoms with van der Waals surface area (Å²) in [6.45, 7) is 2.06. The lowest BCUT2D eigenvalue weighted by Gasteiger charge is -1.90. The van der Waals surface area contributed by atoms with Gasteiger partial charge < -0.3 is 0 Å². The van der Waals surface area contributed by atoms with Crippen molar-refractivity contribution in [3.63, 3.8) is 0 Å². The Morgan fingerprint density at radius 1 is 1.50 bits per heavy atom. The number of aryl methyl sites for hydroxylation is 1. The molecule has 2 aromatic heterocycles. The highest BCUT2D eigenvalue weighted by molar-refractivity contribution is 6.29. The van der Waals surface area contributed by atoms with Gasteiger partial charge in [0, 0.05) is 0 Å². The molecule has 0 aliphatic carbocycles. The zero-order valence-electron chi connectivity index (χ0n) is 6.66. The topological polar surface area (TPSA) is 30.2 Å². The number of hydrogen-bond donors (Lipinski definition) is 0. The highest BCUT2D eigenvalue weighted by Gasteiger charge is 1.99. The molecule has 0 bridgehead atoms. The van der Waals surface area contributed by atoms with Crippen LogP contribution in [0.4, 0.5) is 0 Å². The van der Waals surface area contributed by atoms with Crippen LogP contribution in [-0.2, 0) is 6.42 Å². The summed E-state index contributed by atoms with van der Waals surface area (Å²) in [6.07, 6.45) is 2.81. The van der Waals surface area contributed by atoms with Crippen molar-refractivity contribution in [1.82, 2.24) is 14.6 Å². The van der Waals surface area contributed by atoms with E-state index in [1.54, 1.807) is 10.6 Å². The van der Waals surface area contributed by atoms with E-state index in [-0.39, 0.29) is 0 Å². The first-order valence-corrected chi connectivity index (χ1v) is 4.18. The van der Waals surface area contributed by atoms with Crippen molar-refractivity contribution in [2.75, 3.05) is 0 Å². The Morgan fingerprint density at radius 3 is 3.08 bits per heavy atom. The Labute approximate surface area is 75.0 Å². The van der Waals surface area contributed by atoms with Gasteiger partial charge in [0.15, 0.2) is 5.65 Å². The van der Waals surface area contributed by atoms with Crippen LogP contribution in [0.1, 0.15) is 12.6 Å². The van der Waals surface area contributed by atoms with Crippen molar-refractivity contribution in [2.45, 2.75) is 13.3 Å². The van der Waals surface area contributed by atoms with Gasteiger partial charge in [-0.05, 0) is 18.6 Å². The minimum absolute atomic E-state index is 0.488. The maximum Gasteiger partial charge on any atom is 0.153 e. The summed E-state index contributed by atoms with van der Waals surface area (Å²) in [6, 6.07) is 3.60. The van der Waals surface area contributed by atoms with Gasteiger partial charge in [0.05, 0.1) is 11.9 Å². The molecule has 2 rings (SSSR count). The molecule has 4 heteroatoms. The van der Waals surface area contributed by atoms with E-state index in [4.69, 9.17) is 11.6 Å². The van der Waals surface area contributed by atoms with E-state index >= 15 is 0 Å². The molecule has 2 aromatic rings. The van der Waals surface area contributed by atoms with Crippen molar-refractivity contribution >= 4 is 17.2 Å². The minimum atomic E-state index is 0.488. The highest BCUT2D eigenvalue weighted by atomic mass is 35.5. The molecular weight excluding hydrogens is 174 g/mol. The number of fused-ring (bicyclic) bond motifs is 1. The summed E-state index contributed by atoms with van der Waals surface area (Å²) in [5.74, 6) is 0. The highest BCUT2D eigenvalue weighted by Crippen LogP contribution is 2.07. The lowest BCUT2D eigenvalue weighted by molar-refractivity contribution is 0.931. The predicted molar refractivity (Wildman–Crippen MR) is 47.4 cm³/mol. The Balaban J connectivity index is 2.67. The van der Waals surface area contributed by atoms with Gasteiger partial charge in [-0.25, -0.2) is 9.50 Å². The molecule has 0 unspecified atom stereocenters. The predicted octanol–water partition coefficient (Wildman–Crippen LogP) is 1.95. The second-order valence-corrected chi connectivity index (χ2v) is 2.93. The van der Waals surface area contributed by atoms with E-state index in [0.29, 0.717) is 5.15 Å². The molecule has 62 valence electrons. The molecule has 0 fully saturated rings. The van der Waals surface area contributed by atoms with Crippen LogP contribution >= 0.6 is 11.6 Å². The normalized spacial score (nSPS) is 10.8. The van der Waals surface area contributed by atoms with Crippen LogP contribution in [0.3, 0.4) is 0 Å². The molecule has 2 heterocycles. The molecule has 0 atom stereocenters. The molecule has 0 amide bonds. The molecule has 12 heavy (non-hydrogen) atoms. The van der Waals surface area contributed by atoms with Crippen molar-refractivity contribution in [2.24, 2.45) is 0 Å². The first-order chi connectivity index (χ1) is 5.79. The van der Waals surface area contributed by atoms with E-state index < -0.39 is 0 Å². The fourth-order valence-corrected chi connectivity index (χ4v) is 1.22. The standard InChI is InChI=1S/C8H8ClN3/c1-2-6-5-12-8(10-6)4-3-7(9)11-12/h3-5H,2H2,1H3. The summed E-state index contributed by atoms with van der Waals surface area (Å²) in [4.78, 5) is 4.31. The van der Waals surface area contributed by atoms with E-state index in [9.17, 15) is 0 Å². The average molecular weight is 182 g/mol. The molecule has 0 saturated carbocycles. The third-order valence-corrected chi connectivity index (χ3v) is 1.90. The number of imidazole rings is 1. The number of hydrogen-bond acceptors (Lipinski definition) is 2. The number of rotatable bonds is 1. The van der Waals surface area contributed by atoms with Gasteiger partial charge >= 0.3 is 0 Å². The Kier molecular flexibility index (Phi) is 1.73. The monoisotopic (exact) mass is 181 g/mol. The first kappa shape index (κ1) is 7.55. The first-order valence-electron chi connectivity index (χ1n) is 3.80. The molecule has 0 aromatic carbocycles. The number of halogens is 1. The van der Waals surface area contributed by atoms with Crippen LogP contribution in [0.15, 0.2) is 18.3 Å². The Bertz CT molecular complexity index is 408. The molecule has 3 nitrogen and oxygen atoms in total. The molecule has 0 aliphatic heterocycles. The third kappa shape index (κ3) is 1.16. The van der Waals surface area contributed by atoms with Crippen molar-refractivity contribution in [3.05, 3.63) is 29.2 Å². The second kappa shape index (κ2) is 2.75. The fourth-order valence-electron chi connectivity index (χ4n) is 1.08. The van der Waals surface area contributed by atoms with Gasteiger partial charge in [-0.1, -0.05) is 18.5 Å². The summed E-state index contributed by atoms with van der Waals surface area (Å²) < 4.78 is 1.70. The van der Waals surface area contributed by atoms with Crippen LogP contribution in [0.5, 0.6) is 0 Å². The molecule has 0 N–H and O–H groups in total. The molecule has 0 aliphatic rings. The van der Waals surface area contributed by atoms with Gasteiger partial charge in [-0.3, -0.25) is 0 Å². The van der Waals surface area contributed by atoms with Crippen molar-refractivity contribution in [3.8, 4) is 0 Å². The molecule has 0 radical (unpaired) electrons. The summed E-state index contributed by atoms with van der Waals surface area (Å²) >= 11 is 5.71. The summed E-state index contributed by atoms with van der Waals surface area (Å²) in [5, 5.41) is 4.55. The van der Waals surface area contributed by atoms with Gasteiger partial charge in [0.2, 0.25) is 0 Å². The summed E-state index contributed by atoms with van der Waals surface area (Å²) in [7, 11) is 0. The molecule has 0 saturated heterocycles. The second-order valence-electron chi connectivity index (χ2n) is 2.54. The van der Waals surface area contributed by atoms with Crippen molar-refractivity contribution < 1.29 is 0 Å². The largest absolute Gasteiger partial charge is 0.232 e. The Hall–Kier alpha value is -1.09. The quantitative estimate of drug-likeness (QED) is 0.673. The molecular formula is C8H8ClN3. The maximum atomic E-state index is 5.71. The van der Waals surface area contributed by atoms with E-state index in [1.807, 2.05) is 12.3 Å². The van der Waals surface area contributed by atoms with Crippen LogP contribution < -0.4 is 0 Å². The fraction of sp³-hybridized carbons (Fsp3) is 0.250. The van der Waals surface area contributed by atoms with E-state index in [2.05, 4.69) is 17.0 Å². The minimum Gasteiger partial charge on any atom is -0.232 e. The lowest BCUT2D eigenvalue weighted by Crippen LogP contribution is -1.88. The van der Waals surface area contributed by atoms with E-state index in [1.165, 1.54) is 0 Å². The zero-order chi connectivity index (χ0) is 8.55. The zero-order valence-corrected chi connectivity index (χ0v) is 7.41. The van der Waals surface area contributed by atoms with Crippen molar-refractivity contribution in [1.29, 1.82) is 0 Å². The van der Waals surface area contributed by atoms with Crippen LogP contribution in [-0.4, -0.2) is 14.6 Å². The Morgan fingerprint density at radius 2 is 2.33 bits per heavy atom. The summed E-state index contributed by atoms with van der Waals surface area (Å²) in [5.41, 5.74) is 1.88. The SMILES string of the molecule is CCc1cn2nc(Cl)ccc2n1. The third-order valence-electron chi connectivity index (χ3n) is 1.70. The average Bonchev–Trinajstić information content (AvgIpc) is 2.46. The van der Waals surface area contributed by atoms with Gasteiger partial charge in [-0.15, -0.1) is 0 Å². The maximum absolute atomic E-state index is 5.71. The smallest absolute Gasteiger partial charge is 0.153 e. The number of nitrogens with zero attached hydrogens (tertiary/aromatic N) is 3. The van der Waals surface area contributed by atoms with Gasteiger partial charge in [-0.2, -0.15) is 5.10 Å². The van der Waals surface area contributed by atoms with Crippen LogP contribution in [0.2, 0.25) is 5.15 Å². The van der Waals surface area contributed by atoms with Gasteiger partial charge in [0.25, 0.3) is 0 Å². The van der Waals surface area contributed by atoms with Gasteiger partial charge in [0.1, 0.15) is 5.15 Å². The van der Waals surface area contributed by atoms with Crippen LogP contribution in [0, 0.1) is 0 Å². The van der Waals surface area contributed by atoms with Crippen LogP contribution in [0.25, 0.3) is 5.65 Å².